The molecule has 102 valence electrons. The molecule has 5 heteroatoms. The molecule has 0 unspecified atom stereocenters. The number of nitrogens with one attached hydrogen (secondary N) is 1. The first-order valence-corrected chi connectivity index (χ1v) is 5.99. The molecule has 0 aliphatic heterocycles. The molecule has 1 amide bonds. The second kappa shape index (κ2) is 5.22. The molecule has 5 nitrogen and oxygen atoms in total. The van der Waals surface area contributed by atoms with Gasteiger partial charge >= 0.3 is 0 Å². The van der Waals surface area contributed by atoms with Crippen LogP contribution in [0.5, 0.6) is 11.5 Å². The Labute approximate surface area is 112 Å². The van der Waals surface area contributed by atoms with Crippen molar-refractivity contribution in [1.29, 1.82) is 0 Å². The smallest absolute Gasteiger partial charge is 0.226 e. The van der Waals surface area contributed by atoms with Crippen LogP contribution in [0.4, 0.5) is 0 Å². The molecule has 0 atom stereocenters. The number of benzene rings is 1. The van der Waals surface area contributed by atoms with Crippen molar-refractivity contribution < 1.29 is 14.3 Å². The predicted molar refractivity (Wildman–Crippen MR) is 73.8 cm³/mol. The number of aromatic nitrogens is 1. The number of carbonyl (C=O) groups excluding carboxylic acids is 1. The van der Waals surface area contributed by atoms with Gasteiger partial charge in [0.2, 0.25) is 5.91 Å². The van der Waals surface area contributed by atoms with Crippen LogP contribution in [0.15, 0.2) is 18.3 Å². The van der Waals surface area contributed by atoms with Gasteiger partial charge in [0, 0.05) is 37.8 Å². The lowest BCUT2D eigenvalue weighted by Crippen LogP contribution is -2.23. The van der Waals surface area contributed by atoms with Gasteiger partial charge in [-0.1, -0.05) is 0 Å². The third kappa shape index (κ3) is 2.50. The average Bonchev–Trinajstić information content (AvgIpc) is 2.80. The van der Waals surface area contributed by atoms with Gasteiger partial charge in [0.1, 0.15) is 11.5 Å². The summed E-state index contributed by atoms with van der Waals surface area (Å²) in [6, 6.07) is 3.71. The molecule has 0 saturated heterocycles. The molecule has 0 radical (unpaired) electrons. The molecular formula is C14H18N2O3. The van der Waals surface area contributed by atoms with E-state index in [1.165, 1.54) is 0 Å². The number of likely N-dealkylation sites (N-methyl/N-ethyl adjacent to an activating group) is 1. The molecule has 0 fully saturated rings. The zero-order valence-electron chi connectivity index (χ0n) is 11.6. The summed E-state index contributed by atoms with van der Waals surface area (Å²) >= 11 is 0. The zero-order chi connectivity index (χ0) is 14.0. The van der Waals surface area contributed by atoms with Crippen LogP contribution in [0.1, 0.15) is 5.56 Å². The van der Waals surface area contributed by atoms with Crippen molar-refractivity contribution in [3.05, 3.63) is 23.9 Å². The number of carbonyl (C=O) groups is 1. The summed E-state index contributed by atoms with van der Waals surface area (Å²) in [5.41, 5.74) is 1.82. The van der Waals surface area contributed by atoms with Gasteiger partial charge in [-0.15, -0.1) is 0 Å². The van der Waals surface area contributed by atoms with E-state index >= 15 is 0 Å². The Balaban J connectivity index is 2.49. The lowest BCUT2D eigenvalue weighted by Gasteiger charge is -2.11. The van der Waals surface area contributed by atoms with Crippen LogP contribution in [0.2, 0.25) is 0 Å². The minimum atomic E-state index is 0.0544. The van der Waals surface area contributed by atoms with E-state index in [1.807, 2.05) is 18.3 Å². The highest BCUT2D eigenvalue weighted by Crippen LogP contribution is 2.33. The molecule has 0 aliphatic rings. The molecule has 0 saturated carbocycles. The van der Waals surface area contributed by atoms with Crippen molar-refractivity contribution in [3.63, 3.8) is 0 Å². The summed E-state index contributed by atoms with van der Waals surface area (Å²) in [5, 5.41) is 0.929. The van der Waals surface area contributed by atoms with E-state index in [1.54, 1.807) is 33.2 Å². The van der Waals surface area contributed by atoms with Crippen molar-refractivity contribution in [3.8, 4) is 11.5 Å². The highest BCUT2D eigenvalue weighted by molar-refractivity contribution is 5.94. The van der Waals surface area contributed by atoms with Crippen molar-refractivity contribution >= 4 is 16.8 Å². The summed E-state index contributed by atoms with van der Waals surface area (Å²) in [6.07, 6.45) is 2.18. The quantitative estimate of drug-likeness (QED) is 0.914. The van der Waals surface area contributed by atoms with Gasteiger partial charge < -0.3 is 19.4 Å². The number of methoxy groups -OCH3 is 2. The molecule has 0 spiro atoms. The van der Waals surface area contributed by atoms with Gasteiger partial charge in [0.05, 0.1) is 26.2 Å². The SMILES string of the molecule is COc1cc(OC)c2c(CC(=O)N(C)C)c[nH]c2c1. The fourth-order valence-corrected chi connectivity index (χ4v) is 2.01. The lowest BCUT2D eigenvalue weighted by atomic mass is 10.1. The topological polar surface area (TPSA) is 54.6 Å². The van der Waals surface area contributed by atoms with Gasteiger partial charge in [-0.25, -0.2) is 0 Å². The van der Waals surface area contributed by atoms with Crippen LogP contribution >= 0.6 is 0 Å². The Bertz CT molecular complexity index is 602. The van der Waals surface area contributed by atoms with Gasteiger partial charge in [-0.3, -0.25) is 4.79 Å². The number of rotatable bonds is 4. The van der Waals surface area contributed by atoms with E-state index < -0.39 is 0 Å². The van der Waals surface area contributed by atoms with Crippen molar-refractivity contribution in [2.45, 2.75) is 6.42 Å². The Hall–Kier alpha value is -2.17. The third-order valence-corrected chi connectivity index (χ3v) is 3.09. The number of amides is 1. The molecule has 1 N–H and O–H groups in total. The maximum absolute atomic E-state index is 11.8. The largest absolute Gasteiger partial charge is 0.497 e. The maximum atomic E-state index is 11.8. The zero-order valence-corrected chi connectivity index (χ0v) is 11.6. The molecule has 1 heterocycles. The standard InChI is InChI=1S/C14H18N2O3/c1-16(2)13(17)5-9-8-15-11-6-10(18-3)7-12(19-4)14(9)11/h6-8,15H,5H2,1-4H3. The van der Waals surface area contributed by atoms with Gasteiger partial charge in [0.25, 0.3) is 0 Å². The highest BCUT2D eigenvalue weighted by Gasteiger charge is 2.15. The van der Waals surface area contributed by atoms with Gasteiger partial charge in [-0.2, -0.15) is 0 Å². The molecule has 0 bridgehead atoms. The number of H-pyrrole nitrogens is 1. The van der Waals surface area contributed by atoms with E-state index in [-0.39, 0.29) is 5.91 Å². The van der Waals surface area contributed by atoms with Crippen LogP contribution in [0, 0.1) is 0 Å². The minimum absolute atomic E-state index is 0.0544. The molecule has 2 aromatic rings. The fraction of sp³-hybridized carbons (Fsp3) is 0.357. The monoisotopic (exact) mass is 262 g/mol. The Kier molecular flexibility index (Phi) is 3.64. The third-order valence-electron chi connectivity index (χ3n) is 3.09. The predicted octanol–water partition coefficient (Wildman–Crippen LogP) is 1.82. The Morgan fingerprint density at radius 1 is 1.26 bits per heavy atom. The fourth-order valence-electron chi connectivity index (χ4n) is 2.01. The first-order valence-electron chi connectivity index (χ1n) is 5.99. The average molecular weight is 262 g/mol. The Morgan fingerprint density at radius 3 is 2.58 bits per heavy atom. The first-order chi connectivity index (χ1) is 9.06. The van der Waals surface area contributed by atoms with E-state index in [0.717, 1.165) is 22.2 Å². The molecule has 19 heavy (non-hydrogen) atoms. The van der Waals surface area contributed by atoms with Gasteiger partial charge in [0.15, 0.2) is 0 Å². The number of hydrogen-bond acceptors (Lipinski definition) is 3. The number of nitrogens with zero attached hydrogens (tertiary/aromatic N) is 1. The number of ether oxygens (including phenoxy) is 2. The summed E-state index contributed by atoms with van der Waals surface area (Å²) in [6.45, 7) is 0. The molecule has 2 rings (SSSR count). The molecular weight excluding hydrogens is 244 g/mol. The van der Waals surface area contributed by atoms with Crippen molar-refractivity contribution in [1.82, 2.24) is 9.88 Å². The second-order valence-electron chi connectivity index (χ2n) is 4.53. The summed E-state index contributed by atoms with van der Waals surface area (Å²) in [5.74, 6) is 1.48. The maximum Gasteiger partial charge on any atom is 0.226 e. The van der Waals surface area contributed by atoms with Gasteiger partial charge in [-0.05, 0) is 5.56 Å². The van der Waals surface area contributed by atoms with Crippen molar-refractivity contribution in [2.75, 3.05) is 28.3 Å². The van der Waals surface area contributed by atoms with Crippen molar-refractivity contribution in [2.24, 2.45) is 0 Å². The van der Waals surface area contributed by atoms with Crippen LogP contribution in [0.3, 0.4) is 0 Å². The number of fused-ring (bicyclic) bond motifs is 1. The summed E-state index contributed by atoms with van der Waals surface area (Å²) < 4.78 is 10.6. The molecule has 1 aromatic carbocycles. The Morgan fingerprint density at radius 2 is 2.00 bits per heavy atom. The van der Waals surface area contributed by atoms with Crippen LogP contribution in [0.25, 0.3) is 10.9 Å². The number of aromatic amines is 1. The molecule has 1 aromatic heterocycles. The van der Waals surface area contributed by atoms with E-state index in [0.29, 0.717) is 12.2 Å². The second-order valence-corrected chi connectivity index (χ2v) is 4.53. The lowest BCUT2D eigenvalue weighted by molar-refractivity contribution is -0.127. The van der Waals surface area contributed by atoms with Crippen LogP contribution in [-0.2, 0) is 11.2 Å². The first kappa shape index (κ1) is 13.3. The highest BCUT2D eigenvalue weighted by atomic mass is 16.5. The summed E-state index contributed by atoms with van der Waals surface area (Å²) in [7, 11) is 6.72. The van der Waals surface area contributed by atoms with E-state index in [9.17, 15) is 4.79 Å². The number of hydrogen-bond donors (Lipinski definition) is 1. The van der Waals surface area contributed by atoms with Crippen LogP contribution in [-0.4, -0.2) is 44.1 Å². The normalized spacial score (nSPS) is 10.5. The minimum Gasteiger partial charge on any atom is -0.497 e. The van der Waals surface area contributed by atoms with Crippen LogP contribution < -0.4 is 9.47 Å². The van der Waals surface area contributed by atoms with E-state index in [4.69, 9.17) is 9.47 Å². The van der Waals surface area contributed by atoms with E-state index in [2.05, 4.69) is 4.98 Å². The summed E-state index contributed by atoms with van der Waals surface area (Å²) in [4.78, 5) is 16.6. The molecule has 0 aliphatic carbocycles.